The first-order chi connectivity index (χ1) is 16.8. The molecule has 1 aromatic heterocycles. The number of nitrogens with one attached hydrogen (secondary N) is 1. The van der Waals surface area contributed by atoms with Crippen LogP contribution in [0.25, 0.3) is 11.0 Å². The zero-order valence-electron chi connectivity index (χ0n) is 19.6. The van der Waals surface area contributed by atoms with E-state index in [-0.39, 0.29) is 17.9 Å². The van der Waals surface area contributed by atoms with E-state index in [0.29, 0.717) is 34.6 Å². The normalized spacial score (nSPS) is 11.5. The van der Waals surface area contributed by atoms with Crippen molar-refractivity contribution in [2.75, 3.05) is 22.4 Å². The molecule has 3 aromatic carbocycles. The van der Waals surface area contributed by atoms with E-state index in [1.54, 1.807) is 18.2 Å². The fraction of sp³-hybridized carbons (Fsp3) is 0.222. The minimum absolute atomic E-state index is 0.145. The molecular weight excluding hydrogens is 467 g/mol. The number of carbonyl (C=O) groups is 1. The molecular formula is C27H27FN2O4S. The number of hydrogen-bond donors (Lipinski definition) is 1. The molecule has 0 radical (unpaired) electrons. The summed E-state index contributed by atoms with van der Waals surface area (Å²) in [6, 6.07) is 19.6. The first-order valence-corrected chi connectivity index (χ1v) is 13.2. The minimum Gasteiger partial charge on any atom is -0.440 e. The highest BCUT2D eigenvalue weighted by atomic mass is 32.2. The summed E-state index contributed by atoms with van der Waals surface area (Å²) in [5.74, 6) is -0.463. The van der Waals surface area contributed by atoms with Gasteiger partial charge in [0.05, 0.1) is 24.1 Å². The number of hydrogen-bond acceptors (Lipinski definition) is 5. The van der Waals surface area contributed by atoms with Gasteiger partial charge in [-0.15, -0.1) is 0 Å². The molecule has 0 aliphatic rings. The number of carbonyl (C=O) groups excluding carboxylic acids is 1. The van der Waals surface area contributed by atoms with Crippen LogP contribution in [0.4, 0.5) is 16.0 Å². The largest absolute Gasteiger partial charge is 0.440 e. The van der Waals surface area contributed by atoms with E-state index in [1.807, 2.05) is 30.3 Å². The number of fused-ring (bicyclic) bond motifs is 1. The first-order valence-electron chi connectivity index (χ1n) is 11.4. The summed E-state index contributed by atoms with van der Waals surface area (Å²) < 4.78 is 46.2. The van der Waals surface area contributed by atoms with E-state index >= 15 is 0 Å². The van der Waals surface area contributed by atoms with Crippen molar-refractivity contribution in [1.82, 2.24) is 0 Å². The van der Waals surface area contributed by atoms with E-state index < -0.39 is 15.8 Å². The van der Waals surface area contributed by atoms with Crippen molar-refractivity contribution in [3.05, 3.63) is 95.3 Å². The predicted molar refractivity (Wildman–Crippen MR) is 137 cm³/mol. The maximum atomic E-state index is 13.5. The number of anilines is 2. The van der Waals surface area contributed by atoms with Crippen LogP contribution in [-0.4, -0.2) is 27.0 Å². The smallest absolute Gasteiger partial charge is 0.232 e. The van der Waals surface area contributed by atoms with Crippen LogP contribution in [0, 0.1) is 5.82 Å². The number of nitrogens with zero attached hydrogens (tertiary/aromatic N) is 1. The average Bonchev–Trinajstić information content (AvgIpc) is 3.20. The van der Waals surface area contributed by atoms with Crippen molar-refractivity contribution in [3.63, 3.8) is 0 Å². The Bertz CT molecular complexity index is 1430. The number of unbranched alkanes of at least 4 members (excludes halogenated alkanes) is 1. The highest BCUT2D eigenvalue weighted by molar-refractivity contribution is 7.92. The van der Waals surface area contributed by atoms with Crippen molar-refractivity contribution in [2.24, 2.45) is 0 Å². The second-order valence-corrected chi connectivity index (χ2v) is 10.3. The number of benzene rings is 3. The third-order valence-corrected chi connectivity index (χ3v) is 6.82. The Morgan fingerprint density at radius 1 is 1.03 bits per heavy atom. The lowest BCUT2D eigenvalue weighted by atomic mass is 10.0. The van der Waals surface area contributed by atoms with Gasteiger partial charge in [-0.3, -0.25) is 9.10 Å². The van der Waals surface area contributed by atoms with Crippen LogP contribution in [0.3, 0.4) is 0 Å². The summed E-state index contributed by atoms with van der Waals surface area (Å²) in [5.41, 5.74) is 2.29. The van der Waals surface area contributed by atoms with E-state index in [4.69, 9.17) is 4.42 Å². The number of furan rings is 1. The molecule has 8 heteroatoms. The summed E-state index contributed by atoms with van der Waals surface area (Å²) in [7, 11) is -3.63. The fourth-order valence-electron chi connectivity index (χ4n) is 3.86. The molecule has 0 aliphatic carbocycles. The van der Waals surface area contributed by atoms with E-state index in [2.05, 4.69) is 12.2 Å². The molecule has 35 heavy (non-hydrogen) atoms. The van der Waals surface area contributed by atoms with Gasteiger partial charge in [-0.1, -0.05) is 43.7 Å². The number of sulfonamides is 1. The monoisotopic (exact) mass is 494 g/mol. The summed E-state index contributed by atoms with van der Waals surface area (Å²) >= 11 is 0. The third-order valence-electron chi connectivity index (χ3n) is 5.68. The standard InChI is InChI=1S/C27H27FN2O4S/c1-3-4-16-29-27-25(26(31)20-10-12-21(28)13-11-20)23-17-22(14-15-24(23)34-27)30(35(2,32)33)18-19-8-6-5-7-9-19/h5-15,17,29H,3-4,16,18H2,1-2H3. The highest BCUT2D eigenvalue weighted by Gasteiger charge is 2.25. The zero-order valence-corrected chi connectivity index (χ0v) is 20.4. The van der Waals surface area contributed by atoms with Gasteiger partial charge in [0.1, 0.15) is 11.4 Å². The minimum atomic E-state index is -3.63. The summed E-state index contributed by atoms with van der Waals surface area (Å²) in [5, 5.41) is 3.67. The highest BCUT2D eigenvalue weighted by Crippen LogP contribution is 2.35. The molecule has 182 valence electrons. The van der Waals surface area contributed by atoms with Crippen LogP contribution >= 0.6 is 0 Å². The lowest BCUT2D eigenvalue weighted by Gasteiger charge is -2.22. The molecule has 1 heterocycles. The Kier molecular flexibility index (Phi) is 7.21. The first kappa shape index (κ1) is 24.5. The number of ketones is 1. The van der Waals surface area contributed by atoms with Gasteiger partial charge in [0.15, 0.2) is 5.78 Å². The summed E-state index contributed by atoms with van der Waals surface area (Å²) in [6.07, 6.45) is 2.99. The second-order valence-electron chi connectivity index (χ2n) is 8.36. The van der Waals surface area contributed by atoms with Gasteiger partial charge in [0.2, 0.25) is 15.9 Å². The fourth-order valence-corrected chi connectivity index (χ4v) is 4.74. The lowest BCUT2D eigenvalue weighted by molar-refractivity contribution is 0.104. The van der Waals surface area contributed by atoms with E-state index in [0.717, 1.165) is 24.7 Å². The maximum absolute atomic E-state index is 13.5. The van der Waals surface area contributed by atoms with Crippen LogP contribution in [0.1, 0.15) is 41.3 Å². The molecule has 0 saturated carbocycles. The molecule has 4 aromatic rings. The molecule has 0 bridgehead atoms. The Morgan fingerprint density at radius 2 is 1.74 bits per heavy atom. The van der Waals surface area contributed by atoms with Gasteiger partial charge in [-0.2, -0.15) is 0 Å². The molecule has 4 rings (SSSR count). The Hall–Kier alpha value is -3.65. The molecule has 1 N–H and O–H groups in total. The topological polar surface area (TPSA) is 79.6 Å². The average molecular weight is 495 g/mol. The van der Waals surface area contributed by atoms with Gasteiger partial charge >= 0.3 is 0 Å². The van der Waals surface area contributed by atoms with Crippen LogP contribution in [0.15, 0.2) is 77.2 Å². The maximum Gasteiger partial charge on any atom is 0.232 e. The molecule has 6 nitrogen and oxygen atoms in total. The summed E-state index contributed by atoms with van der Waals surface area (Å²) in [4.78, 5) is 13.5. The van der Waals surface area contributed by atoms with Crippen molar-refractivity contribution in [2.45, 2.75) is 26.3 Å². The van der Waals surface area contributed by atoms with Crippen LogP contribution in [0.2, 0.25) is 0 Å². The lowest BCUT2D eigenvalue weighted by Crippen LogP contribution is -2.29. The quantitative estimate of drug-likeness (QED) is 0.217. The Morgan fingerprint density at radius 3 is 2.40 bits per heavy atom. The molecule has 0 amide bonds. The molecule has 0 spiro atoms. The SMILES string of the molecule is CCCCNc1oc2ccc(N(Cc3ccccc3)S(C)(=O)=O)cc2c1C(=O)c1ccc(F)cc1. The van der Waals surface area contributed by atoms with Crippen molar-refractivity contribution >= 4 is 38.3 Å². The molecule has 0 aliphatic heterocycles. The third kappa shape index (κ3) is 5.54. The van der Waals surface area contributed by atoms with Crippen LogP contribution < -0.4 is 9.62 Å². The van der Waals surface area contributed by atoms with E-state index in [1.165, 1.54) is 28.6 Å². The van der Waals surface area contributed by atoms with Crippen molar-refractivity contribution < 1.29 is 22.0 Å². The number of halogens is 1. The van der Waals surface area contributed by atoms with Crippen molar-refractivity contribution in [1.29, 1.82) is 0 Å². The van der Waals surface area contributed by atoms with Gasteiger partial charge in [0, 0.05) is 17.5 Å². The summed E-state index contributed by atoms with van der Waals surface area (Å²) in [6.45, 7) is 2.81. The van der Waals surface area contributed by atoms with Gasteiger partial charge in [0.25, 0.3) is 0 Å². The Labute approximate surface area is 204 Å². The van der Waals surface area contributed by atoms with Gasteiger partial charge in [-0.25, -0.2) is 12.8 Å². The molecule has 0 unspecified atom stereocenters. The predicted octanol–water partition coefficient (Wildman–Crippen LogP) is 5.98. The van der Waals surface area contributed by atoms with E-state index in [9.17, 15) is 17.6 Å². The molecule has 0 atom stereocenters. The zero-order chi connectivity index (χ0) is 25.0. The Balaban J connectivity index is 1.83. The van der Waals surface area contributed by atoms with Crippen LogP contribution in [0.5, 0.6) is 0 Å². The van der Waals surface area contributed by atoms with Crippen molar-refractivity contribution in [3.8, 4) is 0 Å². The number of rotatable bonds is 10. The van der Waals surface area contributed by atoms with Gasteiger partial charge < -0.3 is 9.73 Å². The second kappa shape index (κ2) is 10.3. The molecule has 0 saturated heterocycles. The molecule has 0 fully saturated rings. The van der Waals surface area contributed by atoms with Crippen LogP contribution in [-0.2, 0) is 16.6 Å². The van der Waals surface area contributed by atoms with Gasteiger partial charge in [-0.05, 0) is 54.4 Å².